The molecular weight excluding hydrogens is 308 g/mol. The van der Waals surface area contributed by atoms with Crippen molar-refractivity contribution in [2.24, 2.45) is 5.92 Å². The van der Waals surface area contributed by atoms with E-state index in [1.165, 1.54) is 12.7 Å². The number of methoxy groups -OCH3 is 1. The van der Waals surface area contributed by atoms with Crippen molar-refractivity contribution < 1.29 is 18.7 Å². The van der Waals surface area contributed by atoms with Gasteiger partial charge in [-0.1, -0.05) is 0 Å². The fourth-order valence-electron chi connectivity index (χ4n) is 3.52. The Labute approximate surface area is 140 Å². The van der Waals surface area contributed by atoms with Crippen molar-refractivity contribution in [1.82, 2.24) is 10.6 Å². The number of carbonyl (C=O) groups is 1. The van der Waals surface area contributed by atoms with E-state index in [1.807, 2.05) is 0 Å². The number of fused-ring (bicyclic) bond motifs is 2. The third-order valence-corrected chi connectivity index (χ3v) is 4.77. The van der Waals surface area contributed by atoms with Crippen molar-refractivity contribution >= 4 is 5.91 Å². The van der Waals surface area contributed by atoms with Gasteiger partial charge in [0, 0.05) is 17.6 Å². The van der Waals surface area contributed by atoms with E-state index in [0.29, 0.717) is 35.0 Å². The highest BCUT2D eigenvalue weighted by molar-refractivity contribution is 5.94. The van der Waals surface area contributed by atoms with E-state index in [0.717, 1.165) is 13.0 Å². The molecule has 6 heteroatoms. The van der Waals surface area contributed by atoms with Crippen LogP contribution in [0.3, 0.4) is 0 Å². The standard InChI is InChI=1S/C18H20N2O4/c1-22-14-8-17(23-10-14)24-13-4-2-12(3-5-13)18(21)20-16-7-11-6-15(16)19-9-11/h2-5,8,10-11,15-16,19H,6-7,9H2,1H3,(H,20,21). The maximum Gasteiger partial charge on any atom is 0.293 e. The molecule has 1 saturated carbocycles. The molecule has 6 nitrogen and oxygen atoms in total. The summed E-state index contributed by atoms with van der Waals surface area (Å²) in [5.74, 6) is 2.21. The van der Waals surface area contributed by atoms with Gasteiger partial charge in [0.05, 0.1) is 13.2 Å². The molecule has 3 unspecified atom stereocenters. The Hall–Kier alpha value is -2.47. The van der Waals surface area contributed by atoms with Crippen LogP contribution in [0, 0.1) is 5.92 Å². The van der Waals surface area contributed by atoms with E-state index in [-0.39, 0.29) is 11.9 Å². The fourth-order valence-corrected chi connectivity index (χ4v) is 3.52. The molecule has 1 aromatic heterocycles. The van der Waals surface area contributed by atoms with Crippen molar-refractivity contribution in [1.29, 1.82) is 0 Å². The number of benzene rings is 1. The molecule has 3 atom stereocenters. The first-order valence-corrected chi connectivity index (χ1v) is 8.16. The summed E-state index contributed by atoms with van der Waals surface area (Å²) in [6, 6.07) is 9.34. The third-order valence-electron chi connectivity index (χ3n) is 4.77. The van der Waals surface area contributed by atoms with Crippen LogP contribution in [0.25, 0.3) is 0 Å². The lowest BCUT2D eigenvalue weighted by Gasteiger charge is -2.24. The first kappa shape index (κ1) is 15.1. The molecule has 2 bridgehead atoms. The summed E-state index contributed by atoms with van der Waals surface area (Å²) < 4.78 is 15.8. The predicted octanol–water partition coefficient (Wildman–Crippen LogP) is 2.56. The van der Waals surface area contributed by atoms with Gasteiger partial charge in [0.1, 0.15) is 12.0 Å². The second-order valence-corrected chi connectivity index (χ2v) is 6.36. The Morgan fingerprint density at radius 2 is 2.08 bits per heavy atom. The van der Waals surface area contributed by atoms with Crippen LogP contribution in [0.1, 0.15) is 23.2 Å². The van der Waals surface area contributed by atoms with E-state index < -0.39 is 0 Å². The minimum absolute atomic E-state index is 0.0411. The lowest BCUT2D eigenvalue weighted by Crippen LogP contribution is -2.47. The van der Waals surface area contributed by atoms with Gasteiger partial charge in [0.15, 0.2) is 5.75 Å². The summed E-state index contributed by atoms with van der Waals surface area (Å²) in [6.45, 7) is 1.08. The van der Waals surface area contributed by atoms with Crippen LogP contribution >= 0.6 is 0 Å². The molecular formula is C18H20N2O4. The van der Waals surface area contributed by atoms with E-state index >= 15 is 0 Å². The van der Waals surface area contributed by atoms with Crippen LogP contribution in [0.2, 0.25) is 0 Å². The number of furan rings is 1. The molecule has 1 saturated heterocycles. The molecule has 2 N–H and O–H groups in total. The molecule has 24 heavy (non-hydrogen) atoms. The van der Waals surface area contributed by atoms with Gasteiger partial charge in [-0.3, -0.25) is 4.79 Å². The van der Waals surface area contributed by atoms with E-state index in [2.05, 4.69) is 10.6 Å². The van der Waals surface area contributed by atoms with Gasteiger partial charge in [0.2, 0.25) is 0 Å². The molecule has 4 rings (SSSR count). The SMILES string of the molecule is COc1coc(Oc2ccc(C(=O)NC3CC4CNC3C4)cc2)c1. The average Bonchev–Trinajstić information content (AvgIpc) is 3.32. The number of ether oxygens (including phenoxy) is 2. The zero-order chi connectivity index (χ0) is 16.5. The monoisotopic (exact) mass is 328 g/mol. The van der Waals surface area contributed by atoms with Gasteiger partial charge in [-0.2, -0.15) is 0 Å². The minimum atomic E-state index is -0.0411. The topological polar surface area (TPSA) is 72.7 Å². The number of carbonyl (C=O) groups excluding carboxylic acids is 1. The second-order valence-electron chi connectivity index (χ2n) is 6.36. The largest absolute Gasteiger partial charge is 0.493 e. The number of amides is 1. The predicted molar refractivity (Wildman–Crippen MR) is 87.5 cm³/mol. The van der Waals surface area contributed by atoms with Crippen LogP contribution in [-0.4, -0.2) is 31.6 Å². The molecule has 2 aromatic rings. The summed E-state index contributed by atoms with van der Waals surface area (Å²) >= 11 is 0. The van der Waals surface area contributed by atoms with Crippen LogP contribution in [0.15, 0.2) is 41.0 Å². The molecule has 1 aliphatic carbocycles. The zero-order valence-corrected chi connectivity index (χ0v) is 13.5. The lowest BCUT2D eigenvalue weighted by atomic mass is 10.1. The Bertz CT molecular complexity index is 725. The van der Waals surface area contributed by atoms with Crippen LogP contribution in [0.5, 0.6) is 17.4 Å². The molecule has 2 heterocycles. The first-order valence-electron chi connectivity index (χ1n) is 8.16. The first-order chi connectivity index (χ1) is 11.7. The van der Waals surface area contributed by atoms with Gasteiger partial charge in [-0.05, 0) is 49.6 Å². The van der Waals surface area contributed by atoms with Gasteiger partial charge >= 0.3 is 0 Å². The summed E-state index contributed by atoms with van der Waals surface area (Å²) in [6.07, 6.45) is 3.72. The quantitative estimate of drug-likeness (QED) is 0.882. The summed E-state index contributed by atoms with van der Waals surface area (Å²) in [5, 5.41) is 6.58. The minimum Gasteiger partial charge on any atom is -0.493 e. The van der Waals surface area contributed by atoms with Crippen LogP contribution < -0.4 is 20.1 Å². The highest BCUT2D eigenvalue weighted by Crippen LogP contribution is 2.31. The normalized spacial score (nSPS) is 24.8. The Kier molecular flexibility index (Phi) is 3.90. The maximum atomic E-state index is 12.4. The summed E-state index contributed by atoms with van der Waals surface area (Å²) in [7, 11) is 1.56. The number of piperidine rings is 1. The number of rotatable bonds is 5. The highest BCUT2D eigenvalue weighted by Gasteiger charge is 2.39. The molecule has 0 spiro atoms. The molecule has 0 radical (unpaired) electrons. The van der Waals surface area contributed by atoms with E-state index in [9.17, 15) is 4.79 Å². The van der Waals surface area contributed by atoms with Crippen molar-refractivity contribution in [2.45, 2.75) is 24.9 Å². The van der Waals surface area contributed by atoms with Crippen molar-refractivity contribution in [3.05, 3.63) is 42.2 Å². The molecule has 1 aliphatic heterocycles. The Morgan fingerprint density at radius 1 is 1.25 bits per heavy atom. The number of hydrogen-bond acceptors (Lipinski definition) is 5. The van der Waals surface area contributed by atoms with Gasteiger partial charge in [-0.15, -0.1) is 0 Å². The summed E-state index contributed by atoms with van der Waals surface area (Å²) in [5.41, 5.74) is 0.627. The van der Waals surface area contributed by atoms with Gasteiger partial charge in [0.25, 0.3) is 11.9 Å². The highest BCUT2D eigenvalue weighted by atomic mass is 16.6. The van der Waals surface area contributed by atoms with Crippen molar-refractivity contribution in [3.63, 3.8) is 0 Å². The maximum absolute atomic E-state index is 12.4. The lowest BCUT2D eigenvalue weighted by molar-refractivity contribution is 0.0928. The fraction of sp³-hybridized carbons (Fsp3) is 0.389. The number of nitrogens with one attached hydrogen (secondary N) is 2. The third kappa shape index (κ3) is 2.97. The Balaban J connectivity index is 1.37. The molecule has 1 amide bonds. The molecule has 126 valence electrons. The second kappa shape index (κ2) is 6.20. The molecule has 2 fully saturated rings. The van der Waals surface area contributed by atoms with Crippen molar-refractivity contribution in [2.75, 3.05) is 13.7 Å². The zero-order valence-electron chi connectivity index (χ0n) is 13.5. The van der Waals surface area contributed by atoms with Gasteiger partial charge < -0.3 is 24.5 Å². The molecule has 1 aromatic carbocycles. The van der Waals surface area contributed by atoms with Gasteiger partial charge in [-0.25, -0.2) is 0 Å². The van der Waals surface area contributed by atoms with Crippen LogP contribution in [-0.2, 0) is 0 Å². The van der Waals surface area contributed by atoms with E-state index in [4.69, 9.17) is 13.9 Å². The number of hydrogen-bond donors (Lipinski definition) is 2. The smallest absolute Gasteiger partial charge is 0.293 e. The average molecular weight is 328 g/mol. The van der Waals surface area contributed by atoms with E-state index in [1.54, 1.807) is 37.4 Å². The molecule has 2 aliphatic rings. The Morgan fingerprint density at radius 3 is 2.71 bits per heavy atom. The van der Waals surface area contributed by atoms with Crippen LogP contribution in [0.4, 0.5) is 0 Å². The summed E-state index contributed by atoms with van der Waals surface area (Å²) in [4.78, 5) is 12.4. The van der Waals surface area contributed by atoms with Crippen molar-refractivity contribution in [3.8, 4) is 17.4 Å².